The summed E-state index contributed by atoms with van der Waals surface area (Å²) >= 11 is 0. The Morgan fingerprint density at radius 3 is 1.60 bits per heavy atom. The topological polar surface area (TPSA) is 151 Å². The van der Waals surface area contributed by atoms with E-state index in [1.165, 1.54) is 0 Å². The van der Waals surface area contributed by atoms with Crippen molar-refractivity contribution in [3.63, 3.8) is 0 Å². The van der Waals surface area contributed by atoms with Crippen molar-refractivity contribution in [1.82, 2.24) is 16.0 Å². The Kier molecular flexibility index (Phi) is 12.4. The number of carboxylic acids is 1. The molecule has 9 heteroatoms. The predicted octanol–water partition coefficient (Wildman–Crippen LogP) is 1.84. The van der Waals surface area contributed by atoms with Crippen molar-refractivity contribution in [2.75, 3.05) is 0 Å². The SMILES string of the molecule is CCC(C)C(NC(=O)C(N)Cc1ccccc1)C(=O)NC(C(=O)NC(C(=O)O)C(C)C)C(C)CC. The quantitative estimate of drug-likeness (QED) is 0.268. The van der Waals surface area contributed by atoms with Gasteiger partial charge in [-0.05, 0) is 29.7 Å². The van der Waals surface area contributed by atoms with Crippen LogP contribution in [-0.2, 0) is 25.6 Å². The lowest BCUT2D eigenvalue weighted by Gasteiger charge is -2.30. The molecule has 6 N–H and O–H groups in total. The van der Waals surface area contributed by atoms with Crippen LogP contribution in [-0.4, -0.2) is 53.0 Å². The monoisotopic (exact) mass is 490 g/mol. The molecule has 1 aromatic carbocycles. The zero-order valence-corrected chi connectivity index (χ0v) is 21.7. The largest absolute Gasteiger partial charge is 0.480 e. The van der Waals surface area contributed by atoms with E-state index in [9.17, 15) is 24.3 Å². The molecular weight excluding hydrogens is 448 g/mol. The summed E-state index contributed by atoms with van der Waals surface area (Å²) in [6.07, 6.45) is 1.52. The Hall–Kier alpha value is -2.94. The summed E-state index contributed by atoms with van der Waals surface area (Å²) in [4.78, 5) is 50.7. The third kappa shape index (κ3) is 9.32. The van der Waals surface area contributed by atoms with E-state index in [-0.39, 0.29) is 17.8 Å². The average Bonchev–Trinajstić information content (AvgIpc) is 2.82. The van der Waals surface area contributed by atoms with Crippen LogP contribution in [0.4, 0.5) is 0 Å². The van der Waals surface area contributed by atoms with Crippen LogP contribution in [0.25, 0.3) is 0 Å². The minimum Gasteiger partial charge on any atom is -0.480 e. The maximum atomic E-state index is 13.3. The number of carbonyl (C=O) groups is 4. The van der Waals surface area contributed by atoms with Gasteiger partial charge in [0.1, 0.15) is 18.1 Å². The fourth-order valence-electron chi connectivity index (χ4n) is 3.62. The predicted molar refractivity (Wildman–Crippen MR) is 135 cm³/mol. The van der Waals surface area contributed by atoms with Crippen LogP contribution in [0.15, 0.2) is 30.3 Å². The van der Waals surface area contributed by atoms with Gasteiger partial charge in [-0.2, -0.15) is 0 Å². The highest BCUT2D eigenvalue weighted by molar-refractivity contribution is 5.94. The van der Waals surface area contributed by atoms with Gasteiger partial charge in [-0.1, -0.05) is 84.7 Å². The lowest BCUT2D eigenvalue weighted by atomic mass is 9.94. The van der Waals surface area contributed by atoms with Crippen LogP contribution in [0.5, 0.6) is 0 Å². The van der Waals surface area contributed by atoms with Crippen molar-refractivity contribution < 1.29 is 24.3 Å². The molecule has 0 fully saturated rings. The Bertz CT molecular complexity index is 845. The summed E-state index contributed by atoms with van der Waals surface area (Å²) in [7, 11) is 0. The number of amides is 3. The summed E-state index contributed by atoms with van der Waals surface area (Å²) in [5, 5.41) is 17.5. The summed E-state index contributed by atoms with van der Waals surface area (Å²) < 4.78 is 0. The Balaban J connectivity index is 3.01. The molecule has 1 aromatic rings. The van der Waals surface area contributed by atoms with E-state index in [2.05, 4.69) is 16.0 Å². The smallest absolute Gasteiger partial charge is 0.326 e. The minimum absolute atomic E-state index is 0.217. The van der Waals surface area contributed by atoms with E-state index in [1.54, 1.807) is 13.8 Å². The van der Waals surface area contributed by atoms with Gasteiger partial charge in [-0.15, -0.1) is 0 Å². The van der Waals surface area contributed by atoms with E-state index < -0.39 is 47.9 Å². The number of hydrogen-bond donors (Lipinski definition) is 5. The molecule has 0 bridgehead atoms. The van der Waals surface area contributed by atoms with E-state index in [0.717, 1.165) is 5.56 Å². The Morgan fingerprint density at radius 2 is 1.20 bits per heavy atom. The molecular formula is C26H42N4O5. The van der Waals surface area contributed by atoms with Crippen LogP contribution in [0, 0.1) is 17.8 Å². The maximum absolute atomic E-state index is 13.3. The number of nitrogens with two attached hydrogens (primary N) is 1. The van der Waals surface area contributed by atoms with E-state index in [4.69, 9.17) is 5.73 Å². The fourth-order valence-corrected chi connectivity index (χ4v) is 3.62. The van der Waals surface area contributed by atoms with Gasteiger partial charge in [0, 0.05) is 0 Å². The van der Waals surface area contributed by atoms with Crippen molar-refractivity contribution in [3.8, 4) is 0 Å². The molecule has 196 valence electrons. The van der Waals surface area contributed by atoms with Crippen LogP contribution < -0.4 is 21.7 Å². The molecule has 6 unspecified atom stereocenters. The molecule has 0 heterocycles. The first-order valence-electron chi connectivity index (χ1n) is 12.4. The van der Waals surface area contributed by atoms with Crippen LogP contribution in [0.2, 0.25) is 0 Å². The number of nitrogens with one attached hydrogen (secondary N) is 3. The van der Waals surface area contributed by atoms with Crippen LogP contribution in [0.3, 0.4) is 0 Å². The molecule has 6 atom stereocenters. The zero-order chi connectivity index (χ0) is 26.7. The summed E-state index contributed by atoms with van der Waals surface area (Å²) in [6, 6.07) is 5.60. The van der Waals surface area contributed by atoms with Crippen molar-refractivity contribution in [1.29, 1.82) is 0 Å². The number of hydrogen-bond acceptors (Lipinski definition) is 5. The van der Waals surface area contributed by atoms with Gasteiger partial charge in [0.15, 0.2) is 0 Å². The van der Waals surface area contributed by atoms with Crippen molar-refractivity contribution >= 4 is 23.7 Å². The number of carboxylic acid groups (broad SMARTS) is 1. The standard InChI is InChI=1S/C26H42N4O5/c1-7-16(5)21(29-23(31)19(27)14-18-12-10-9-11-13-18)25(33)30-22(17(6)8-2)24(32)28-20(15(3)4)26(34)35/h9-13,15-17,19-22H,7-8,14,27H2,1-6H3,(H,28,32)(H,29,31)(H,30,33)(H,34,35). The molecule has 0 spiro atoms. The third-order valence-electron chi connectivity index (χ3n) is 6.45. The number of carbonyl (C=O) groups excluding carboxylic acids is 3. The molecule has 9 nitrogen and oxygen atoms in total. The van der Waals surface area contributed by atoms with Gasteiger partial charge in [0.2, 0.25) is 17.7 Å². The number of rotatable bonds is 14. The van der Waals surface area contributed by atoms with Gasteiger partial charge < -0.3 is 26.8 Å². The molecule has 35 heavy (non-hydrogen) atoms. The summed E-state index contributed by atoms with van der Waals surface area (Å²) in [6.45, 7) is 10.8. The Labute approximate surface area is 208 Å². The van der Waals surface area contributed by atoms with E-state index in [0.29, 0.717) is 19.3 Å². The number of benzene rings is 1. The van der Waals surface area contributed by atoms with Gasteiger partial charge in [0.05, 0.1) is 6.04 Å². The second kappa shape index (κ2) is 14.5. The van der Waals surface area contributed by atoms with Gasteiger partial charge in [-0.3, -0.25) is 14.4 Å². The molecule has 0 aromatic heterocycles. The fraction of sp³-hybridized carbons (Fsp3) is 0.615. The average molecular weight is 491 g/mol. The van der Waals surface area contributed by atoms with Gasteiger partial charge in [-0.25, -0.2) is 4.79 Å². The van der Waals surface area contributed by atoms with Gasteiger partial charge in [0.25, 0.3) is 0 Å². The highest BCUT2D eigenvalue weighted by Gasteiger charge is 2.34. The van der Waals surface area contributed by atoms with Crippen molar-refractivity contribution in [2.24, 2.45) is 23.5 Å². The highest BCUT2D eigenvalue weighted by Crippen LogP contribution is 2.14. The minimum atomic E-state index is -1.14. The molecule has 0 saturated carbocycles. The van der Waals surface area contributed by atoms with Gasteiger partial charge >= 0.3 is 5.97 Å². The molecule has 1 rings (SSSR count). The lowest BCUT2D eigenvalue weighted by molar-refractivity contribution is -0.144. The number of aliphatic carboxylic acids is 1. The first-order chi connectivity index (χ1) is 16.4. The second-order valence-corrected chi connectivity index (χ2v) is 9.61. The second-order valence-electron chi connectivity index (χ2n) is 9.61. The molecule has 0 aliphatic carbocycles. The molecule has 0 aliphatic rings. The highest BCUT2D eigenvalue weighted by atomic mass is 16.4. The zero-order valence-electron chi connectivity index (χ0n) is 21.7. The van der Waals surface area contributed by atoms with Crippen molar-refractivity contribution in [2.45, 2.75) is 85.0 Å². The van der Waals surface area contributed by atoms with Crippen LogP contribution in [0.1, 0.15) is 59.9 Å². The molecule has 0 saturated heterocycles. The normalized spacial score (nSPS) is 16.3. The molecule has 0 aliphatic heterocycles. The first kappa shape index (κ1) is 30.1. The third-order valence-corrected chi connectivity index (χ3v) is 6.45. The first-order valence-corrected chi connectivity index (χ1v) is 12.4. The summed E-state index contributed by atoms with van der Waals surface area (Å²) in [5.74, 6) is -3.47. The van der Waals surface area contributed by atoms with E-state index in [1.807, 2.05) is 58.0 Å². The van der Waals surface area contributed by atoms with E-state index >= 15 is 0 Å². The molecule has 0 radical (unpaired) electrons. The van der Waals surface area contributed by atoms with Crippen LogP contribution >= 0.6 is 0 Å². The Morgan fingerprint density at radius 1 is 0.771 bits per heavy atom. The molecule has 3 amide bonds. The lowest BCUT2D eigenvalue weighted by Crippen LogP contribution is -2.60. The van der Waals surface area contributed by atoms with Crippen molar-refractivity contribution in [3.05, 3.63) is 35.9 Å². The summed E-state index contributed by atoms with van der Waals surface area (Å²) in [5.41, 5.74) is 7.02. The maximum Gasteiger partial charge on any atom is 0.326 e.